The summed E-state index contributed by atoms with van der Waals surface area (Å²) in [6.45, 7) is 0. The average Bonchev–Trinajstić information content (AvgIpc) is 2.59. The first-order valence-corrected chi connectivity index (χ1v) is 6.91. The van der Waals surface area contributed by atoms with Crippen LogP contribution in [-0.4, -0.2) is 18.1 Å². The lowest BCUT2D eigenvalue weighted by molar-refractivity contribution is -0.149. The Kier molecular flexibility index (Phi) is 4.01. The third kappa shape index (κ3) is 2.91. The van der Waals surface area contributed by atoms with Gasteiger partial charge in [-0.3, -0.25) is 4.98 Å². The number of nitrogens with zero attached hydrogens (tertiary/aromatic N) is 1. The van der Waals surface area contributed by atoms with E-state index < -0.39 is 12.1 Å². The predicted octanol–water partition coefficient (Wildman–Crippen LogP) is 3.53. The maximum absolute atomic E-state index is 12.0. The van der Waals surface area contributed by atoms with Crippen molar-refractivity contribution in [3.8, 4) is 5.75 Å². The highest BCUT2D eigenvalue weighted by molar-refractivity contribution is 5.83. The lowest BCUT2D eigenvalue weighted by atomic mass is 10.1. The molecule has 1 heterocycles. The first kappa shape index (κ1) is 14.1. The summed E-state index contributed by atoms with van der Waals surface area (Å²) in [6, 6.07) is 16.8. The van der Waals surface area contributed by atoms with Crippen LogP contribution >= 0.6 is 0 Å². The van der Waals surface area contributed by atoms with Gasteiger partial charge in [0.05, 0.1) is 7.11 Å². The largest absolute Gasteiger partial charge is 0.474 e. The highest BCUT2D eigenvalue weighted by atomic mass is 16.6. The number of aromatic nitrogens is 1. The number of carbonyl (C=O) groups is 1. The van der Waals surface area contributed by atoms with Crippen molar-refractivity contribution in [3.63, 3.8) is 0 Å². The van der Waals surface area contributed by atoms with E-state index in [0.717, 1.165) is 16.3 Å². The molecule has 0 saturated carbocycles. The van der Waals surface area contributed by atoms with Gasteiger partial charge in [0.15, 0.2) is 0 Å². The zero-order chi connectivity index (χ0) is 15.4. The smallest absolute Gasteiger partial charge is 0.351 e. The van der Waals surface area contributed by atoms with Gasteiger partial charge in [0.25, 0.3) is 0 Å². The van der Waals surface area contributed by atoms with Crippen molar-refractivity contribution in [3.05, 3.63) is 72.6 Å². The van der Waals surface area contributed by atoms with Gasteiger partial charge in [-0.15, -0.1) is 0 Å². The van der Waals surface area contributed by atoms with Crippen LogP contribution in [0.2, 0.25) is 0 Å². The van der Waals surface area contributed by atoms with Gasteiger partial charge in [-0.1, -0.05) is 36.4 Å². The molecule has 0 bridgehead atoms. The number of hydrogen-bond donors (Lipinski definition) is 0. The molecular weight excluding hydrogens is 278 g/mol. The van der Waals surface area contributed by atoms with E-state index in [2.05, 4.69) is 4.98 Å². The summed E-state index contributed by atoms with van der Waals surface area (Å²) in [5, 5.41) is 2.02. The van der Waals surface area contributed by atoms with E-state index in [1.807, 2.05) is 54.6 Å². The van der Waals surface area contributed by atoms with E-state index in [0.29, 0.717) is 5.75 Å². The molecule has 0 aliphatic heterocycles. The Bertz CT molecular complexity index is 786. The molecular formula is C18H15NO3. The SMILES string of the molecule is COC(=O)C(Oc1ccc2ccncc2c1)c1ccccc1. The fraction of sp³-hybridized carbons (Fsp3) is 0.111. The molecule has 110 valence electrons. The molecule has 3 aromatic rings. The van der Waals surface area contributed by atoms with Crippen LogP contribution in [-0.2, 0) is 9.53 Å². The second-order valence-electron chi connectivity index (χ2n) is 4.82. The molecule has 0 saturated heterocycles. The Morgan fingerprint density at radius 3 is 2.64 bits per heavy atom. The molecule has 0 amide bonds. The molecule has 0 aliphatic carbocycles. The lowest BCUT2D eigenvalue weighted by Gasteiger charge is -2.17. The van der Waals surface area contributed by atoms with Gasteiger partial charge in [0, 0.05) is 23.3 Å². The summed E-state index contributed by atoms with van der Waals surface area (Å²) in [4.78, 5) is 16.1. The number of pyridine rings is 1. The van der Waals surface area contributed by atoms with Crippen LogP contribution in [0, 0.1) is 0 Å². The van der Waals surface area contributed by atoms with Crippen LogP contribution in [0.5, 0.6) is 5.75 Å². The molecule has 0 aliphatic rings. The molecule has 22 heavy (non-hydrogen) atoms. The molecule has 1 atom stereocenters. The van der Waals surface area contributed by atoms with Crippen molar-refractivity contribution in [2.75, 3.05) is 7.11 Å². The summed E-state index contributed by atoms with van der Waals surface area (Å²) in [5.41, 5.74) is 0.751. The fourth-order valence-electron chi connectivity index (χ4n) is 2.26. The summed E-state index contributed by atoms with van der Waals surface area (Å²) in [5.74, 6) is 0.164. The van der Waals surface area contributed by atoms with Crippen molar-refractivity contribution < 1.29 is 14.3 Å². The van der Waals surface area contributed by atoms with Gasteiger partial charge >= 0.3 is 5.97 Å². The second-order valence-corrected chi connectivity index (χ2v) is 4.82. The molecule has 0 fully saturated rings. The molecule has 0 N–H and O–H groups in total. The first-order valence-electron chi connectivity index (χ1n) is 6.91. The highest BCUT2D eigenvalue weighted by Gasteiger charge is 2.23. The van der Waals surface area contributed by atoms with E-state index in [4.69, 9.17) is 9.47 Å². The second kappa shape index (κ2) is 6.26. The van der Waals surface area contributed by atoms with Gasteiger partial charge in [0.2, 0.25) is 6.10 Å². The van der Waals surface area contributed by atoms with Crippen molar-refractivity contribution in [1.82, 2.24) is 4.98 Å². The van der Waals surface area contributed by atoms with Crippen LogP contribution in [0.3, 0.4) is 0 Å². The van der Waals surface area contributed by atoms with Crippen molar-refractivity contribution in [1.29, 1.82) is 0 Å². The van der Waals surface area contributed by atoms with Gasteiger partial charge in [0.1, 0.15) is 5.75 Å². The maximum atomic E-state index is 12.0. The Morgan fingerprint density at radius 2 is 1.86 bits per heavy atom. The molecule has 3 rings (SSSR count). The number of carbonyl (C=O) groups excluding carboxylic acids is 1. The Balaban J connectivity index is 1.93. The number of fused-ring (bicyclic) bond motifs is 1. The van der Waals surface area contributed by atoms with E-state index in [-0.39, 0.29) is 0 Å². The minimum absolute atomic E-state index is 0.433. The van der Waals surface area contributed by atoms with E-state index in [1.54, 1.807) is 12.4 Å². The Hall–Kier alpha value is -2.88. The number of rotatable bonds is 4. The third-order valence-electron chi connectivity index (χ3n) is 3.38. The molecule has 4 heteroatoms. The van der Waals surface area contributed by atoms with Crippen LogP contribution in [0.15, 0.2) is 67.0 Å². The monoisotopic (exact) mass is 293 g/mol. The van der Waals surface area contributed by atoms with Crippen LogP contribution in [0.4, 0.5) is 0 Å². The minimum atomic E-state index is -0.791. The van der Waals surface area contributed by atoms with Crippen LogP contribution in [0.25, 0.3) is 10.8 Å². The maximum Gasteiger partial charge on any atom is 0.351 e. The van der Waals surface area contributed by atoms with E-state index in [1.165, 1.54) is 7.11 Å². The van der Waals surface area contributed by atoms with Gasteiger partial charge in [-0.2, -0.15) is 0 Å². The average molecular weight is 293 g/mol. The summed E-state index contributed by atoms with van der Waals surface area (Å²) in [7, 11) is 1.35. The number of esters is 1. The van der Waals surface area contributed by atoms with Crippen LogP contribution < -0.4 is 4.74 Å². The van der Waals surface area contributed by atoms with Crippen molar-refractivity contribution in [2.45, 2.75) is 6.10 Å². The topological polar surface area (TPSA) is 48.4 Å². The summed E-state index contributed by atoms with van der Waals surface area (Å²) >= 11 is 0. The number of benzene rings is 2. The van der Waals surface area contributed by atoms with Crippen molar-refractivity contribution >= 4 is 16.7 Å². The number of ether oxygens (including phenoxy) is 2. The van der Waals surface area contributed by atoms with E-state index >= 15 is 0 Å². The predicted molar refractivity (Wildman–Crippen MR) is 83.6 cm³/mol. The van der Waals surface area contributed by atoms with Gasteiger partial charge in [-0.05, 0) is 23.6 Å². The highest BCUT2D eigenvalue weighted by Crippen LogP contribution is 2.26. The van der Waals surface area contributed by atoms with E-state index in [9.17, 15) is 4.79 Å². The minimum Gasteiger partial charge on any atom is -0.474 e. The molecule has 2 aromatic carbocycles. The fourth-order valence-corrected chi connectivity index (χ4v) is 2.26. The molecule has 1 unspecified atom stereocenters. The molecule has 1 aromatic heterocycles. The zero-order valence-electron chi connectivity index (χ0n) is 12.1. The molecule has 4 nitrogen and oxygen atoms in total. The first-order chi connectivity index (χ1) is 10.8. The van der Waals surface area contributed by atoms with Gasteiger partial charge < -0.3 is 9.47 Å². The summed E-state index contributed by atoms with van der Waals surface area (Å²) in [6.07, 6.45) is 2.71. The molecule has 0 radical (unpaired) electrons. The quantitative estimate of drug-likeness (QED) is 0.690. The summed E-state index contributed by atoms with van der Waals surface area (Å²) < 4.78 is 10.7. The number of hydrogen-bond acceptors (Lipinski definition) is 4. The Labute approximate surface area is 128 Å². The molecule has 0 spiro atoms. The number of methoxy groups -OCH3 is 1. The standard InChI is InChI=1S/C18H15NO3/c1-21-18(20)17(14-5-3-2-4-6-14)22-16-8-7-13-9-10-19-12-15(13)11-16/h2-12,17H,1H3. The van der Waals surface area contributed by atoms with Gasteiger partial charge in [-0.25, -0.2) is 4.79 Å². The van der Waals surface area contributed by atoms with Crippen molar-refractivity contribution in [2.24, 2.45) is 0 Å². The van der Waals surface area contributed by atoms with Crippen LogP contribution in [0.1, 0.15) is 11.7 Å². The lowest BCUT2D eigenvalue weighted by Crippen LogP contribution is -2.20. The zero-order valence-corrected chi connectivity index (χ0v) is 12.1. The normalized spacial score (nSPS) is 11.9. The Morgan fingerprint density at radius 1 is 1.05 bits per heavy atom. The third-order valence-corrected chi connectivity index (χ3v) is 3.38.